The van der Waals surface area contributed by atoms with E-state index in [0.29, 0.717) is 13.0 Å². The van der Waals surface area contributed by atoms with Crippen LogP contribution in [-0.2, 0) is 17.8 Å². The highest BCUT2D eigenvalue weighted by atomic mass is 19.1. The highest BCUT2D eigenvalue weighted by Gasteiger charge is 2.28. The van der Waals surface area contributed by atoms with Crippen LogP contribution in [0, 0.1) is 5.82 Å². The van der Waals surface area contributed by atoms with Gasteiger partial charge in [-0.3, -0.25) is 4.79 Å². The highest BCUT2D eigenvalue weighted by molar-refractivity contribution is 5.79. The normalized spacial score (nSPS) is 17.1. The Balaban J connectivity index is 1.45. The summed E-state index contributed by atoms with van der Waals surface area (Å²) >= 11 is 0. The number of halogens is 1. The largest absolute Gasteiger partial charge is 0.497 e. The van der Waals surface area contributed by atoms with Gasteiger partial charge in [-0.1, -0.05) is 24.3 Å². The molecule has 0 bridgehead atoms. The summed E-state index contributed by atoms with van der Waals surface area (Å²) in [5, 5.41) is 3.39. The number of benzene rings is 2. The Morgan fingerprint density at radius 1 is 1.12 bits per heavy atom. The molecule has 0 saturated carbocycles. The molecule has 132 valence electrons. The summed E-state index contributed by atoms with van der Waals surface area (Å²) in [5.41, 5.74) is 2.21. The van der Waals surface area contributed by atoms with Crippen molar-refractivity contribution in [1.29, 1.82) is 0 Å². The molecule has 5 heteroatoms. The summed E-state index contributed by atoms with van der Waals surface area (Å²) in [5.74, 6) is 0.792. The van der Waals surface area contributed by atoms with Gasteiger partial charge in [-0.05, 0) is 41.8 Å². The fourth-order valence-corrected chi connectivity index (χ4v) is 3.05. The van der Waals surface area contributed by atoms with E-state index in [2.05, 4.69) is 5.32 Å². The number of carbonyl (C=O) groups excluding carboxylic acids is 1. The Morgan fingerprint density at radius 3 is 2.48 bits per heavy atom. The molecule has 1 unspecified atom stereocenters. The zero-order chi connectivity index (χ0) is 17.6. The van der Waals surface area contributed by atoms with Crippen molar-refractivity contribution in [1.82, 2.24) is 10.2 Å². The molecule has 2 aromatic carbocycles. The van der Waals surface area contributed by atoms with E-state index in [0.717, 1.165) is 30.8 Å². The Kier molecular flexibility index (Phi) is 5.66. The standard InChI is InChI=1S/C20H23FN2O2/c1-25-19-8-4-15(5-9-19)10-11-23-14-18(12-20(23)24)22-13-16-2-6-17(21)7-3-16/h2-9,18,22H,10-14H2,1H3. The van der Waals surface area contributed by atoms with E-state index in [4.69, 9.17) is 4.74 Å². The second kappa shape index (κ2) is 8.12. The van der Waals surface area contributed by atoms with E-state index in [1.807, 2.05) is 29.2 Å². The van der Waals surface area contributed by atoms with Crippen LogP contribution in [0.4, 0.5) is 4.39 Å². The molecule has 1 aliphatic rings. The van der Waals surface area contributed by atoms with Crippen molar-refractivity contribution in [3.8, 4) is 5.75 Å². The van der Waals surface area contributed by atoms with Crippen molar-refractivity contribution in [2.75, 3.05) is 20.2 Å². The maximum Gasteiger partial charge on any atom is 0.224 e. The number of ether oxygens (including phenoxy) is 1. The first-order chi connectivity index (χ1) is 12.1. The number of rotatable bonds is 7. The molecule has 3 rings (SSSR count). The third kappa shape index (κ3) is 4.79. The first kappa shape index (κ1) is 17.4. The van der Waals surface area contributed by atoms with Crippen LogP contribution in [0.2, 0.25) is 0 Å². The molecule has 0 aliphatic carbocycles. The average Bonchev–Trinajstić information content (AvgIpc) is 3.00. The molecule has 2 aromatic rings. The number of hydrogen-bond donors (Lipinski definition) is 1. The lowest BCUT2D eigenvalue weighted by atomic mass is 10.1. The number of likely N-dealkylation sites (tertiary alicyclic amines) is 1. The Hall–Kier alpha value is -2.40. The lowest BCUT2D eigenvalue weighted by Gasteiger charge is -2.17. The lowest BCUT2D eigenvalue weighted by molar-refractivity contribution is -0.127. The van der Waals surface area contributed by atoms with Gasteiger partial charge in [0.05, 0.1) is 7.11 Å². The summed E-state index contributed by atoms with van der Waals surface area (Å²) in [6.45, 7) is 2.08. The molecule has 1 saturated heterocycles. The molecule has 1 atom stereocenters. The summed E-state index contributed by atoms with van der Waals surface area (Å²) in [6, 6.07) is 14.5. The number of hydrogen-bond acceptors (Lipinski definition) is 3. The van der Waals surface area contributed by atoms with Gasteiger partial charge >= 0.3 is 0 Å². The second-order valence-corrected chi connectivity index (χ2v) is 6.35. The SMILES string of the molecule is COc1ccc(CCN2CC(NCc3ccc(F)cc3)CC2=O)cc1. The fraction of sp³-hybridized carbons (Fsp3) is 0.350. The first-order valence-electron chi connectivity index (χ1n) is 8.52. The molecule has 1 aliphatic heterocycles. The molecule has 25 heavy (non-hydrogen) atoms. The predicted molar refractivity (Wildman–Crippen MR) is 94.9 cm³/mol. The van der Waals surface area contributed by atoms with E-state index in [1.165, 1.54) is 17.7 Å². The molecule has 1 N–H and O–H groups in total. The third-order valence-electron chi connectivity index (χ3n) is 4.55. The Labute approximate surface area is 147 Å². The maximum absolute atomic E-state index is 12.9. The van der Waals surface area contributed by atoms with Gasteiger partial charge in [0.25, 0.3) is 0 Å². The lowest BCUT2D eigenvalue weighted by Crippen LogP contribution is -2.33. The van der Waals surface area contributed by atoms with Gasteiger partial charge in [0, 0.05) is 32.1 Å². The summed E-state index contributed by atoms with van der Waals surface area (Å²) in [4.78, 5) is 14.1. The number of nitrogens with zero attached hydrogens (tertiary/aromatic N) is 1. The number of methoxy groups -OCH3 is 1. The number of amides is 1. The molecule has 0 spiro atoms. The zero-order valence-corrected chi connectivity index (χ0v) is 14.4. The van der Waals surface area contributed by atoms with Gasteiger partial charge in [-0.2, -0.15) is 0 Å². The second-order valence-electron chi connectivity index (χ2n) is 6.35. The van der Waals surface area contributed by atoms with Gasteiger partial charge in [0.1, 0.15) is 11.6 Å². The molecule has 0 radical (unpaired) electrons. The predicted octanol–water partition coefficient (Wildman–Crippen LogP) is 2.77. The molecule has 1 fully saturated rings. The van der Waals surface area contributed by atoms with Gasteiger partial charge in [0.15, 0.2) is 0 Å². The van der Waals surface area contributed by atoms with Crippen LogP contribution in [0.15, 0.2) is 48.5 Å². The van der Waals surface area contributed by atoms with Crippen LogP contribution in [0.1, 0.15) is 17.5 Å². The van der Waals surface area contributed by atoms with E-state index in [-0.39, 0.29) is 17.8 Å². The van der Waals surface area contributed by atoms with Crippen molar-refractivity contribution < 1.29 is 13.9 Å². The first-order valence-corrected chi connectivity index (χ1v) is 8.52. The minimum atomic E-state index is -0.232. The van der Waals surface area contributed by atoms with Gasteiger partial charge in [0.2, 0.25) is 5.91 Å². The van der Waals surface area contributed by atoms with E-state index >= 15 is 0 Å². The topological polar surface area (TPSA) is 41.6 Å². The number of carbonyl (C=O) groups is 1. The quantitative estimate of drug-likeness (QED) is 0.841. The molecular formula is C20H23FN2O2. The zero-order valence-electron chi connectivity index (χ0n) is 14.4. The summed E-state index contributed by atoms with van der Waals surface area (Å²) < 4.78 is 18.1. The fourth-order valence-electron chi connectivity index (χ4n) is 3.05. The molecular weight excluding hydrogens is 319 g/mol. The average molecular weight is 342 g/mol. The third-order valence-corrected chi connectivity index (χ3v) is 4.55. The van der Waals surface area contributed by atoms with Gasteiger partial charge < -0.3 is 15.0 Å². The van der Waals surface area contributed by atoms with E-state index in [9.17, 15) is 9.18 Å². The molecule has 4 nitrogen and oxygen atoms in total. The smallest absolute Gasteiger partial charge is 0.224 e. The summed E-state index contributed by atoms with van der Waals surface area (Å²) in [7, 11) is 1.65. The molecule has 1 heterocycles. The van der Waals surface area contributed by atoms with Crippen LogP contribution in [0.25, 0.3) is 0 Å². The van der Waals surface area contributed by atoms with Crippen LogP contribution in [0.5, 0.6) is 5.75 Å². The van der Waals surface area contributed by atoms with Crippen molar-refractivity contribution in [3.63, 3.8) is 0 Å². The van der Waals surface area contributed by atoms with Gasteiger partial charge in [-0.25, -0.2) is 4.39 Å². The minimum Gasteiger partial charge on any atom is -0.497 e. The van der Waals surface area contributed by atoms with Crippen molar-refractivity contribution in [3.05, 3.63) is 65.5 Å². The number of nitrogens with one attached hydrogen (secondary N) is 1. The van der Waals surface area contributed by atoms with E-state index in [1.54, 1.807) is 19.2 Å². The minimum absolute atomic E-state index is 0.147. The van der Waals surface area contributed by atoms with E-state index < -0.39 is 0 Å². The van der Waals surface area contributed by atoms with Crippen molar-refractivity contribution in [2.24, 2.45) is 0 Å². The monoisotopic (exact) mass is 342 g/mol. The van der Waals surface area contributed by atoms with Crippen LogP contribution < -0.4 is 10.1 Å². The Morgan fingerprint density at radius 2 is 1.80 bits per heavy atom. The maximum atomic E-state index is 12.9. The van der Waals surface area contributed by atoms with Crippen LogP contribution in [0.3, 0.4) is 0 Å². The van der Waals surface area contributed by atoms with Crippen LogP contribution in [-0.4, -0.2) is 37.0 Å². The Bertz CT molecular complexity index is 701. The van der Waals surface area contributed by atoms with Crippen molar-refractivity contribution in [2.45, 2.75) is 25.4 Å². The summed E-state index contributed by atoms with van der Waals surface area (Å²) in [6.07, 6.45) is 1.35. The molecule has 0 aromatic heterocycles. The van der Waals surface area contributed by atoms with Gasteiger partial charge in [-0.15, -0.1) is 0 Å². The highest BCUT2D eigenvalue weighted by Crippen LogP contribution is 2.15. The van der Waals surface area contributed by atoms with Crippen LogP contribution >= 0.6 is 0 Å². The van der Waals surface area contributed by atoms with Crippen molar-refractivity contribution >= 4 is 5.91 Å². The molecule has 1 amide bonds.